The van der Waals surface area contributed by atoms with E-state index in [0.717, 1.165) is 16.8 Å². The third-order valence-electron chi connectivity index (χ3n) is 4.62. The van der Waals surface area contributed by atoms with Crippen molar-refractivity contribution in [1.82, 2.24) is 9.97 Å². The van der Waals surface area contributed by atoms with Crippen LogP contribution in [0.5, 0.6) is 0 Å². The van der Waals surface area contributed by atoms with Crippen molar-refractivity contribution in [2.45, 2.75) is 13.8 Å². The monoisotopic (exact) mass is 412 g/mol. The van der Waals surface area contributed by atoms with Crippen molar-refractivity contribution in [3.05, 3.63) is 102 Å². The van der Waals surface area contributed by atoms with Gasteiger partial charge in [0.1, 0.15) is 11.6 Å². The van der Waals surface area contributed by atoms with Gasteiger partial charge in [0.15, 0.2) is 5.82 Å². The zero-order valence-corrected chi connectivity index (χ0v) is 17.2. The van der Waals surface area contributed by atoms with Crippen molar-refractivity contribution in [3.63, 3.8) is 0 Å². The van der Waals surface area contributed by atoms with Gasteiger partial charge in [0.25, 0.3) is 5.91 Å². The molecule has 1 aromatic heterocycles. The lowest BCUT2D eigenvalue weighted by atomic mass is 10.1. The summed E-state index contributed by atoms with van der Waals surface area (Å²) in [6.45, 7) is 3.99. The number of halogens is 1. The van der Waals surface area contributed by atoms with E-state index in [9.17, 15) is 9.18 Å². The molecular weight excluding hydrogens is 391 g/mol. The molecule has 2 N–H and O–H groups in total. The minimum atomic E-state index is -0.345. The van der Waals surface area contributed by atoms with E-state index in [0.29, 0.717) is 28.5 Å². The van der Waals surface area contributed by atoms with Crippen LogP contribution in [0, 0.1) is 19.7 Å². The molecule has 0 bridgehead atoms. The van der Waals surface area contributed by atoms with Gasteiger partial charge in [-0.15, -0.1) is 0 Å². The van der Waals surface area contributed by atoms with Crippen LogP contribution in [0.15, 0.2) is 79.0 Å². The Bertz CT molecular complexity index is 1240. The van der Waals surface area contributed by atoms with E-state index in [1.54, 1.807) is 42.6 Å². The van der Waals surface area contributed by atoms with E-state index in [-0.39, 0.29) is 11.7 Å². The standard InChI is InChI=1S/C25H21FN4O/c1-16-11-17(2)13-22(12-16)29-25(31)19-6-4-8-21(15-19)28-23-9-10-27-24(30-23)18-5-3-7-20(26)14-18/h3-15H,1-2H3,(H,29,31)(H,27,28,30). The third kappa shape index (κ3) is 5.11. The summed E-state index contributed by atoms with van der Waals surface area (Å²) < 4.78 is 13.5. The number of hydrogen-bond donors (Lipinski definition) is 2. The molecule has 0 aliphatic heterocycles. The summed E-state index contributed by atoms with van der Waals surface area (Å²) in [7, 11) is 0. The second kappa shape index (κ2) is 8.75. The predicted octanol–water partition coefficient (Wildman–Crippen LogP) is 5.90. The van der Waals surface area contributed by atoms with E-state index in [4.69, 9.17) is 0 Å². The molecule has 154 valence electrons. The molecule has 0 unspecified atom stereocenters. The summed E-state index contributed by atoms with van der Waals surface area (Å²) in [5.41, 5.74) is 4.74. The quantitative estimate of drug-likeness (QED) is 0.429. The maximum atomic E-state index is 13.5. The topological polar surface area (TPSA) is 66.9 Å². The van der Waals surface area contributed by atoms with Gasteiger partial charge in [-0.1, -0.05) is 24.3 Å². The molecule has 0 fully saturated rings. The second-order valence-electron chi connectivity index (χ2n) is 7.31. The van der Waals surface area contributed by atoms with Gasteiger partial charge in [0.05, 0.1) is 0 Å². The fourth-order valence-corrected chi connectivity index (χ4v) is 3.33. The number of amides is 1. The van der Waals surface area contributed by atoms with E-state index < -0.39 is 0 Å². The lowest BCUT2D eigenvalue weighted by Crippen LogP contribution is -2.12. The Kier molecular flexibility index (Phi) is 5.71. The molecule has 3 aromatic carbocycles. The largest absolute Gasteiger partial charge is 0.340 e. The van der Waals surface area contributed by atoms with E-state index in [1.807, 2.05) is 32.0 Å². The van der Waals surface area contributed by atoms with E-state index in [1.165, 1.54) is 12.1 Å². The first-order valence-corrected chi connectivity index (χ1v) is 9.82. The molecule has 4 rings (SSSR count). The molecule has 0 radical (unpaired) electrons. The summed E-state index contributed by atoms with van der Waals surface area (Å²) in [6.07, 6.45) is 1.60. The van der Waals surface area contributed by atoms with Crippen LogP contribution in [0.1, 0.15) is 21.5 Å². The molecule has 0 spiro atoms. The van der Waals surface area contributed by atoms with Crippen molar-refractivity contribution in [1.29, 1.82) is 0 Å². The Morgan fingerprint density at radius 2 is 1.65 bits per heavy atom. The number of anilines is 3. The number of benzene rings is 3. The Morgan fingerprint density at radius 3 is 2.42 bits per heavy atom. The minimum absolute atomic E-state index is 0.197. The predicted molar refractivity (Wildman–Crippen MR) is 121 cm³/mol. The molecular formula is C25H21FN4O. The molecule has 1 heterocycles. The lowest BCUT2D eigenvalue weighted by Gasteiger charge is -2.10. The van der Waals surface area contributed by atoms with Crippen LogP contribution in [0.4, 0.5) is 21.6 Å². The van der Waals surface area contributed by atoms with Gasteiger partial charge >= 0.3 is 0 Å². The third-order valence-corrected chi connectivity index (χ3v) is 4.62. The Morgan fingerprint density at radius 1 is 0.871 bits per heavy atom. The van der Waals surface area contributed by atoms with Crippen LogP contribution >= 0.6 is 0 Å². The highest BCUT2D eigenvalue weighted by atomic mass is 19.1. The highest BCUT2D eigenvalue weighted by Gasteiger charge is 2.09. The molecule has 31 heavy (non-hydrogen) atoms. The van der Waals surface area contributed by atoms with Gasteiger partial charge in [-0.25, -0.2) is 14.4 Å². The Balaban J connectivity index is 1.52. The first-order chi connectivity index (χ1) is 15.0. The van der Waals surface area contributed by atoms with Gasteiger partial charge in [0, 0.05) is 28.7 Å². The zero-order valence-electron chi connectivity index (χ0n) is 17.2. The minimum Gasteiger partial charge on any atom is -0.340 e. The van der Waals surface area contributed by atoms with Crippen LogP contribution in [0.25, 0.3) is 11.4 Å². The maximum Gasteiger partial charge on any atom is 0.255 e. The molecule has 0 atom stereocenters. The van der Waals surface area contributed by atoms with Gasteiger partial charge in [0.2, 0.25) is 0 Å². The van der Waals surface area contributed by atoms with Gasteiger partial charge in [-0.3, -0.25) is 4.79 Å². The number of hydrogen-bond acceptors (Lipinski definition) is 4. The number of carbonyl (C=O) groups is 1. The Hall–Kier alpha value is -4.06. The van der Waals surface area contributed by atoms with Crippen molar-refractivity contribution >= 4 is 23.1 Å². The van der Waals surface area contributed by atoms with Crippen LogP contribution in [-0.4, -0.2) is 15.9 Å². The van der Waals surface area contributed by atoms with Crippen molar-refractivity contribution in [3.8, 4) is 11.4 Å². The molecule has 5 nitrogen and oxygen atoms in total. The second-order valence-corrected chi connectivity index (χ2v) is 7.31. The number of rotatable bonds is 5. The molecule has 0 aliphatic rings. The number of aryl methyl sites for hydroxylation is 2. The number of carbonyl (C=O) groups excluding carboxylic acids is 1. The average molecular weight is 412 g/mol. The summed E-state index contributed by atoms with van der Waals surface area (Å²) in [5, 5.41) is 6.12. The fraction of sp³-hybridized carbons (Fsp3) is 0.0800. The summed E-state index contributed by atoms with van der Waals surface area (Å²) >= 11 is 0. The van der Waals surface area contributed by atoms with Crippen molar-refractivity contribution < 1.29 is 9.18 Å². The van der Waals surface area contributed by atoms with Crippen LogP contribution in [-0.2, 0) is 0 Å². The van der Waals surface area contributed by atoms with Crippen molar-refractivity contribution in [2.75, 3.05) is 10.6 Å². The van der Waals surface area contributed by atoms with Gasteiger partial charge < -0.3 is 10.6 Å². The first-order valence-electron chi connectivity index (χ1n) is 9.82. The molecule has 0 aliphatic carbocycles. The summed E-state index contributed by atoms with van der Waals surface area (Å²) in [5.74, 6) is 0.410. The fourth-order valence-electron chi connectivity index (χ4n) is 3.33. The summed E-state index contributed by atoms with van der Waals surface area (Å²) in [6, 6.07) is 20.9. The molecule has 0 saturated carbocycles. The lowest BCUT2D eigenvalue weighted by molar-refractivity contribution is 0.102. The van der Waals surface area contributed by atoms with Crippen molar-refractivity contribution in [2.24, 2.45) is 0 Å². The highest BCUT2D eigenvalue weighted by Crippen LogP contribution is 2.21. The maximum absolute atomic E-state index is 13.5. The van der Waals surface area contributed by atoms with Crippen LogP contribution in [0.3, 0.4) is 0 Å². The van der Waals surface area contributed by atoms with Gasteiger partial charge in [-0.05, 0) is 73.5 Å². The zero-order chi connectivity index (χ0) is 21.8. The van der Waals surface area contributed by atoms with E-state index >= 15 is 0 Å². The normalized spacial score (nSPS) is 10.5. The van der Waals surface area contributed by atoms with Crippen LogP contribution < -0.4 is 10.6 Å². The molecule has 0 saturated heterocycles. The average Bonchev–Trinajstić information content (AvgIpc) is 2.73. The SMILES string of the molecule is Cc1cc(C)cc(NC(=O)c2cccc(Nc3ccnc(-c4cccc(F)c4)n3)c2)c1. The molecule has 1 amide bonds. The molecule has 6 heteroatoms. The number of aromatic nitrogens is 2. The number of nitrogens with one attached hydrogen (secondary N) is 2. The smallest absolute Gasteiger partial charge is 0.255 e. The Labute approximate surface area is 180 Å². The number of nitrogens with zero attached hydrogens (tertiary/aromatic N) is 2. The van der Waals surface area contributed by atoms with E-state index in [2.05, 4.69) is 26.7 Å². The highest BCUT2D eigenvalue weighted by molar-refractivity contribution is 6.05. The van der Waals surface area contributed by atoms with Crippen LogP contribution in [0.2, 0.25) is 0 Å². The first kappa shape index (κ1) is 20.2. The van der Waals surface area contributed by atoms with Gasteiger partial charge in [-0.2, -0.15) is 0 Å². The molecule has 4 aromatic rings. The summed E-state index contributed by atoms with van der Waals surface area (Å²) in [4.78, 5) is 21.4.